The molecule has 1 aromatic carbocycles. The van der Waals surface area contributed by atoms with Crippen molar-refractivity contribution in [3.8, 4) is 0 Å². The van der Waals surface area contributed by atoms with Crippen molar-refractivity contribution in [2.75, 3.05) is 12.0 Å². The summed E-state index contributed by atoms with van der Waals surface area (Å²) in [5.74, 6) is -0.126. The van der Waals surface area contributed by atoms with Crippen LogP contribution < -0.4 is 10.0 Å². The molecule has 0 fully saturated rings. The molecular formula is C19H22FN5O3S2. The summed E-state index contributed by atoms with van der Waals surface area (Å²) < 4.78 is 42.8. The van der Waals surface area contributed by atoms with Gasteiger partial charge < -0.3 is 5.32 Å². The van der Waals surface area contributed by atoms with E-state index in [9.17, 15) is 17.6 Å². The highest BCUT2D eigenvalue weighted by molar-refractivity contribution is 7.98. The van der Waals surface area contributed by atoms with Crippen LogP contribution in [0, 0.1) is 5.82 Å². The minimum Gasteiger partial charge on any atom is -0.345 e. The Morgan fingerprint density at radius 1 is 1.20 bits per heavy atom. The van der Waals surface area contributed by atoms with E-state index in [0.717, 1.165) is 17.9 Å². The standard InChI is InChI=1S/C19H22FN5O3S2/c1-13(24-30(27,28)16-8-4-3-7-14(16)20)19(26)21-15(10-12-29-2)18-23-22-17-9-5-6-11-25(17)18/h3-9,11,13,15,24H,10,12H2,1-2H3,(H,21,26)/t13-,15?/m0/s1. The Hall–Kier alpha value is -2.50. The molecule has 3 aromatic rings. The third-order valence-electron chi connectivity index (χ3n) is 4.43. The molecule has 2 N–H and O–H groups in total. The Bertz CT molecular complexity index is 1140. The molecule has 2 aromatic heterocycles. The molecule has 8 nitrogen and oxygen atoms in total. The fourth-order valence-corrected chi connectivity index (χ4v) is 4.66. The van der Waals surface area contributed by atoms with Gasteiger partial charge in [0.25, 0.3) is 0 Å². The van der Waals surface area contributed by atoms with E-state index in [1.807, 2.05) is 18.4 Å². The van der Waals surface area contributed by atoms with Crippen LogP contribution in [-0.4, -0.2) is 47.0 Å². The number of thioether (sulfide) groups is 1. The highest BCUT2D eigenvalue weighted by atomic mass is 32.2. The first kappa shape index (κ1) is 22.2. The molecule has 0 saturated heterocycles. The lowest BCUT2D eigenvalue weighted by molar-refractivity contribution is -0.123. The number of carbonyl (C=O) groups excluding carboxylic acids is 1. The molecule has 1 unspecified atom stereocenters. The van der Waals surface area contributed by atoms with E-state index < -0.39 is 38.7 Å². The number of nitrogens with zero attached hydrogens (tertiary/aromatic N) is 3. The zero-order valence-electron chi connectivity index (χ0n) is 16.4. The largest absolute Gasteiger partial charge is 0.345 e. The third-order valence-corrected chi connectivity index (χ3v) is 6.65. The average molecular weight is 452 g/mol. The van der Waals surface area contributed by atoms with E-state index in [1.54, 1.807) is 28.4 Å². The molecule has 0 saturated carbocycles. The van der Waals surface area contributed by atoms with Gasteiger partial charge in [0.1, 0.15) is 10.7 Å². The SMILES string of the molecule is CSCCC(NC(=O)[C@H](C)NS(=O)(=O)c1ccccc1F)c1nnc2ccccn12. The predicted octanol–water partition coefficient (Wildman–Crippen LogP) is 2.15. The summed E-state index contributed by atoms with van der Waals surface area (Å²) in [6.07, 6.45) is 4.33. The Morgan fingerprint density at radius 2 is 1.93 bits per heavy atom. The van der Waals surface area contributed by atoms with E-state index in [-0.39, 0.29) is 0 Å². The number of hydrogen-bond acceptors (Lipinski definition) is 6. The van der Waals surface area contributed by atoms with Gasteiger partial charge in [0, 0.05) is 6.20 Å². The number of hydrogen-bond donors (Lipinski definition) is 2. The smallest absolute Gasteiger partial charge is 0.244 e. The summed E-state index contributed by atoms with van der Waals surface area (Å²) in [7, 11) is -4.20. The second-order valence-corrected chi connectivity index (χ2v) is 9.27. The monoisotopic (exact) mass is 451 g/mol. The number of nitrogens with one attached hydrogen (secondary N) is 2. The lowest BCUT2D eigenvalue weighted by Gasteiger charge is -2.20. The number of benzene rings is 1. The molecule has 3 rings (SSSR count). The van der Waals surface area contributed by atoms with Crippen molar-refractivity contribution in [1.29, 1.82) is 0 Å². The van der Waals surface area contributed by atoms with Gasteiger partial charge in [-0.2, -0.15) is 16.5 Å². The predicted molar refractivity (Wildman–Crippen MR) is 113 cm³/mol. The first-order valence-electron chi connectivity index (χ1n) is 9.19. The van der Waals surface area contributed by atoms with Crippen LogP contribution in [0.3, 0.4) is 0 Å². The number of fused-ring (bicyclic) bond motifs is 1. The molecule has 0 aliphatic heterocycles. The van der Waals surface area contributed by atoms with Crippen molar-refractivity contribution in [2.45, 2.75) is 30.3 Å². The first-order valence-corrected chi connectivity index (χ1v) is 12.1. The van der Waals surface area contributed by atoms with Gasteiger partial charge in [-0.1, -0.05) is 18.2 Å². The summed E-state index contributed by atoms with van der Waals surface area (Å²) >= 11 is 1.62. The minimum atomic E-state index is -4.20. The molecule has 0 aliphatic rings. The van der Waals surface area contributed by atoms with Gasteiger partial charge in [0.2, 0.25) is 15.9 Å². The Morgan fingerprint density at radius 3 is 2.67 bits per heavy atom. The van der Waals surface area contributed by atoms with Crippen LogP contribution >= 0.6 is 11.8 Å². The molecule has 2 heterocycles. The summed E-state index contributed by atoms with van der Waals surface area (Å²) in [6.45, 7) is 1.40. The molecule has 0 aliphatic carbocycles. The van der Waals surface area contributed by atoms with Gasteiger partial charge in [-0.25, -0.2) is 12.8 Å². The Balaban J connectivity index is 1.78. The molecule has 30 heavy (non-hydrogen) atoms. The van der Waals surface area contributed by atoms with E-state index in [1.165, 1.54) is 19.1 Å². The fraction of sp³-hybridized carbons (Fsp3) is 0.316. The molecule has 0 radical (unpaired) electrons. The highest BCUT2D eigenvalue weighted by Gasteiger charge is 2.27. The maximum Gasteiger partial charge on any atom is 0.244 e. The number of pyridine rings is 1. The number of rotatable bonds is 9. The van der Waals surface area contributed by atoms with Crippen molar-refractivity contribution in [3.05, 3.63) is 60.3 Å². The summed E-state index contributed by atoms with van der Waals surface area (Å²) in [5.41, 5.74) is 0.643. The molecule has 11 heteroatoms. The van der Waals surface area contributed by atoms with Crippen molar-refractivity contribution >= 4 is 33.3 Å². The van der Waals surface area contributed by atoms with Crippen molar-refractivity contribution < 1.29 is 17.6 Å². The van der Waals surface area contributed by atoms with E-state index in [2.05, 4.69) is 20.2 Å². The Labute approximate surface area is 178 Å². The fourth-order valence-electron chi connectivity index (χ4n) is 2.91. The molecule has 2 atom stereocenters. The lowest BCUT2D eigenvalue weighted by atomic mass is 10.2. The summed E-state index contributed by atoms with van der Waals surface area (Å²) in [5, 5.41) is 11.1. The first-order chi connectivity index (χ1) is 14.3. The van der Waals surface area contributed by atoms with E-state index in [0.29, 0.717) is 17.9 Å². The number of sulfonamides is 1. The lowest BCUT2D eigenvalue weighted by Crippen LogP contribution is -2.46. The zero-order valence-corrected chi connectivity index (χ0v) is 18.1. The Kier molecular flexibility index (Phi) is 7.06. The maximum atomic E-state index is 13.9. The van der Waals surface area contributed by atoms with Gasteiger partial charge in [-0.15, -0.1) is 10.2 Å². The topological polar surface area (TPSA) is 105 Å². The van der Waals surface area contributed by atoms with Crippen LogP contribution in [0.15, 0.2) is 53.6 Å². The summed E-state index contributed by atoms with van der Waals surface area (Å²) in [4.78, 5) is 12.2. The third kappa shape index (κ3) is 4.97. The summed E-state index contributed by atoms with van der Waals surface area (Å²) in [6, 6.07) is 8.88. The van der Waals surface area contributed by atoms with Gasteiger partial charge in [-0.3, -0.25) is 9.20 Å². The van der Waals surface area contributed by atoms with Crippen LogP contribution in [0.2, 0.25) is 0 Å². The number of aromatic nitrogens is 3. The number of carbonyl (C=O) groups is 1. The van der Waals surface area contributed by atoms with Gasteiger partial charge in [-0.05, 0) is 49.6 Å². The zero-order chi connectivity index (χ0) is 21.7. The number of amides is 1. The van der Waals surface area contributed by atoms with Crippen LogP contribution in [-0.2, 0) is 14.8 Å². The second kappa shape index (κ2) is 9.54. The molecule has 1 amide bonds. The normalized spacial score (nSPS) is 13.8. The molecule has 160 valence electrons. The molecule has 0 spiro atoms. The van der Waals surface area contributed by atoms with Crippen LogP contribution in [0.1, 0.15) is 25.2 Å². The van der Waals surface area contributed by atoms with Gasteiger partial charge in [0.15, 0.2) is 11.5 Å². The second-order valence-electron chi connectivity index (χ2n) is 6.60. The molecule has 0 bridgehead atoms. The van der Waals surface area contributed by atoms with Crippen LogP contribution in [0.25, 0.3) is 5.65 Å². The average Bonchev–Trinajstić information content (AvgIpc) is 3.15. The van der Waals surface area contributed by atoms with E-state index >= 15 is 0 Å². The highest BCUT2D eigenvalue weighted by Crippen LogP contribution is 2.19. The van der Waals surface area contributed by atoms with Gasteiger partial charge in [0.05, 0.1) is 12.1 Å². The van der Waals surface area contributed by atoms with Gasteiger partial charge >= 0.3 is 0 Å². The quantitative estimate of drug-likeness (QED) is 0.516. The minimum absolute atomic E-state index is 0.470. The van der Waals surface area contributed by atoms with Crippen molar-refractivity contribution in [3.63, 3.8) is 0 Å². The van der Waals surface area contributed by atoms with Crippen LogP contribution in [0.5, 0.6) is 0 Å². The van der Waals surface area contributed by atoms with Crippen molar-refractivity contribution in [1.82, 2.24) is 24.6 Å². The molecular weight excluding hydrogens is 429 g/mol. The maximum absolute atomic E-state index is 13.9. The van der Waals surface area contributed by atoms with E-state index in [4.69, 9.17) is 0 Å². The van der Waals surface area contributed by atoms with Crippen LogP contribution in [0.4, 0.5) is 4.39 Å². The number of halogens is 1. The van der Waals surface area contributed by atoms with Crippen molar-refractivity contribution in [2.24, 2.45) is 0 Å².